The standard InChI is InChI=1S/C14H13BrN2O4S/c1-21-12-3-5-13(6-4-12)22(19,20)17-16-9-10-8-11(15)2-7-14(10)18/h2-9,17-18H,1H3/b16-9+. The van der Waals surface area contributed by atoms with Gasteiger partial charge in [0.05, 0.1) is 18.2 Å². The van der Waals surface area contributed by atoms with E-state index in [4.69, 9.17) is 4.74 Å². The van der Waals surface area contributed by atoms with E-state index in [0.29, 0.717) is 11.3 Å². The van der Waals surface area contributed by atoms with Gasteiger partial charge in [0, 0.05) is 10.0 Å². The molecule has 2 rings (SSSR count). The average molecular weight is 385 g/mol. The molecular weight excluding hydrogens is 372 g/mol. The molecule has 6 nitrogen and oxygen atoms in total. The third-order valence-corrected chi connectivity index (χ3v) is 4.47. The zero-order chi connectivity index (χ0) is 16.2. The molecule has 0 aliphatic carbocycles. The maximum atomic E-state index is 12.0. The molecule has 0 aliphatic heterocycles. The summed E-state index contributed by atoms with van der Waals surface area (Å²) in [6.45, 7) is 0. The van der Waals surface area contributed by atoms with Crippen LogP contribution < -0.4 is 9.57 Å². The molecule has 2 aromatic carbocycles. The van der Waals surface area contributed by atoms with Crippen LogP contribution in [0.25, 0.3) is 0 Å². The molecule has 2 aromatic rings. The van der Waals surface area contributed by atoms with Crippen molar-refractivity contribution in [3.8, 4) is 11.5 Å². The second-order valence-corrected chi connectivity index (χ2v) is 6.81. The number of rotatable bonds is 5. The van der Waals surface area contributed by atoms with Crippen molar-refractivity contribution in [1.29, 1.82) is 0 Å². The Bertz CT molecular complexity index is 789. The number of methoxy groups -OCH3 is 1. The first-order valence-electron chi connectivity index (χ1n) is 6.10. The van der Waals surface area contributed by atoms with Crippen LogP contribution in [0.1, 0.15) is 5.56 Å². The van der Waals surface area contributed by atoms with Gasteiger partial charge < -0.3 is 9.84 Å². The van der Waals surface area contributed by atoms with Crippen LogP contribution in [0.4, 0.5) is 0 Å². The van der Waals surface area contributed by atoms with Gasteiger partial charge in [0.2, 0.25) is 0 Å². The molecule has 8 heteroatoms. The molecule has 0 aromatic heterocycles. The number of aromatic hydroxyl groups is 1. The summed E-state index contributed by atoms with van der Waals surface area (Å²) in [5, 5.41) is 13.3. The van der Waals surface area contributed by atoms with Gasteiger partial charge in [-0.25, -0.2) is 4.83 Å². The van der Waals surface area contributed by atoms with E-state index in [0.717, 1.165) is 4.47 Å². The minimum absolute atomic E-state index is 0.00408. The number of nitrogens with zero attached hydrogens (tertiary/aromatic N) is 1. The van der Waals surface area contributed by atoms with Crippen LogP contribution in [0.5, 0.6) is 11.5 Å². The fraction of sp³-hybridized carbons (Fsp3) is 0.0714. The first kappa shape index (κ1) is 16.3. The van der Waals surface area contributed by atoms with Crippen LogP contribution in [0, 0.1) is 0 Å². The lowest BCUT2D eigenvalue weighted by molar-refractivity contribution is 0.414. The molecule has 0 aliphatic rings. The number of hydrogen-bond acceptors (Lipinski definition) is 5. The molecule has 0 radical (unpaired) electrons. The predicted molar refractivity (Wildman–Crippen MR) is 86.7 cm³/mol. The van der Waals surface area contributed by atoms with Crippen LogP contribution in [0.15, 0.2) is 56.9 Å². The molecule has 0 saturated heterocycles. The van der Waals surface area contributed by atoms with Gasteiger partial charge in [-0.1, -0.05) is 15.9 Å². The Morgan fingerprint density at radius 2 is 1.91 bits per heavy atom. The van der Waals surface area contributed by atoms with Crippen LogP contribution >= 0.6 is 15.9 Å². The lowest BCUT2D eigenvalue weighted by Gasteiger charge is -2.05. The van der Waals surface area contributed by atoms with Gasteiger partial charge in [-0.2, -0.15) is 13.5 Å². The van der Waals surface area contributed by atoms with E-state index in [1.54, 1.807) is 24.3 Å². The first-order chi connectivity index (χ1) is 10.4. The number of ether oxygens (including phenoxy) is 1. The fourth-order valence-corrected chi connectivity index (χ4v) is 2.77. The van der Waals surface area contributed by atoms with E-state index in [9.17, 15) is 13.5 Å². The average Bonchev–Trinajstić information content (AvgIpc) is 2.50. The molecule has 2 N–H and O–H groups in total. The summed E-state index contributed by atoms with van der Waals surface area (Å²) in [5.74, 6) is 0.553. The summed E-state index contributed by atoms with van der Waals surface area (Å²) in [6, 6.07) is 10.6. The number of phenolic OH excluding ortho intramolecular Hbond substituents is 1. The molecule has 0 fully saturated rings. The first-order valence-corrected chi connectivity index (χ1v) is 8.37. The summed E-state index contributed by atoms with van der Waals surface area (Å²) < 4.78 is 29.8. The third kappa shape index (κ3) is 3.99. The van der Waals surface area contributed by atoms with Crippen molar-refractivity contribution < 1.29 is 18.3 Å². The number of sulfonamides is 1. The smallest absolute Gasteiger partial charge is 0.276 e. The Hall–Kier alpha value is -2.06. The molecule has 22 heavy (non-hydrogen) atoms. The molecule has 0 amide bonds. The van der Waals surface area contributed by atoms with Crippen LogP contribution in [0.3, 0.4) is 0 Å². The quantitative estimate of drug-likeness (QED) is 0.612. The summed E-state index contributed by atoms with van der Waals surface area (Å²) >= 11 is 3.25. The van der Waals surface area contributed by atoms with Crippen molar-refractivity contribution >= 4 is 32.2 Å². The summed E-state index contributed by atoms with van der Waals surface area (Å²) in [7, 11) is -2.28. The topological polar surface area (TPSA) is 88.0 Å². The van der Waals surface area contributed by atoms with E-state index < -0.39 is 10.0 Å². The van der Waals surface area contributed by atoms with Crippen molar-refractivity contribution in [1.82, 2.24) is 4.83 Å². The monoisotopic (exact) mass is 384 g/mol. The minimum Gasteiger partial charge on any atom is -0.507 e. The zero-order valence-corrected chi connectivity index (χ0v) is 13.9. The van der Waals surface area contributed by atoms with Gasteiger partial charge >= 0.3 is 0 Å². The van der Waals surface area contributed by atoms with Crippen molar-refractivity contribution in [2.24, 2.45) is 5.10 Å². The predicted octanol–water partition coefficient (Wildman–Crippen LogP) is 2.48. The highest BCUT2D eigenvalue weighted by molar-refractivity contribution is 9.10. The van der Waals surface area contributed by atoms with E-state index in [1.807, 2.05) is 0 Å². The highest BCUT2D eigenvalue weighted by Gasteiger charge is 2.12. The summed E-state index contributed by atoms with van der Waals surface area (Å²) in [6.07, 6.45) is 1.22. The highest BCUT2D eigenvalue weighted by Crippen LogP contribution is 2.20. The number of benzene rings is 2. The van der Waals surface area contributed by atoms with Gasteiger partial charge in [0.1, 0.15) is 11.5 Å². The van der Waals surface area contributed by atoms with Crippen molar-refractivity contribution in [2.75, 3.05) is 7.11 Å². The minimum atomic E-state index is -3.78. The Balaban J connectivity index is 2.14. The lowest BCUT2D eigenvalue weighted by atomic mass is 10.2. The maximum Gasteiger partial charge on any atom is 0.276 e. The maximum absolute atomic E-state index is 12.0. The number of hydrogen-bond donors (Lipinski definition) is 2. The van der Waals surface area contributed by atoms with E-state index >= 15 is 0 Å². The normalized spacial score (nSPS) is 11.5. The van der Waals surface area contributed by atoms with Gasteiger partial charge in [-0.05, 0) is 42.5 Å². The van der Waals surface area contributed by atoms with Crippen molar-refractivity contribution in [3.63, 3.8) is 0 Å². The second kappa shape index (κ2) is 6.80. The summed E-state index contributed by atoms with van der Waals surface area (Å²) in [4.78, 5) is 2.14. The molecule has 0 bridgehead atoms. The SMILES string of the molecule is COc1ccc(S(=O)(=O)N/N=C/c2cc(Br)ccc2O)cc1. The van der Waals surface area contributed by atoms with Crippen LogP contribution in [-0.2, 0) is 10.0 Å². The molecule has 0 saturated carbocycles. The van der Waals surface area contributed by atoms with Gasteiger partial charge in [0.25, 0.3) is 10.0 Å². The van der Waals surface area contributed by atoms with Gasteiger partial charge in [0.15, 0.2) is 0 Å². The number of nitrogens with one attached hydrogen (secondary N) is 1. The Morgan fingerprint density at radius 1 is 1.23 bits per heavy atom. The number of halogens is 1. The Morgan fingerprint density at radius 3 is 2.55 bits per heavy atom. The molecule has 0 heterocycles. The second-order valence-electron chi connectivity index (χ2n) is 4.23. The molecular formula is C14H13BrN2O4S. The van der Waals surface area contributed by atoms with E-state index in [2.05, 4.69) is 25.9 Å². The number of phenols is 1. The van der Waals surface area contributed by atoms with E-state index in [-0.39, 0.29) is 10.6 Å². The molecule has 0 spiro atoms. The van der Waals surface area contributed by atoms with Crippen molar-refractivity contribution in [3.05, 3.63) is 52.5 Å². The lowest BCUT2D eigenvalue weighted by Crippen LogP contribution is -2.18. The van der Waals surface area contributed by atoms with Crippen LogP contribution in [0.2, 0.25) is 0 Å². The zero-order valence-electron chi connectivity index (χ0n) is 11.5. The van der Waals surface area contributed by atoms with Gasteiger partial charge in [-0.3, -0.25) is 0 Å². The third-order valence-electron chi connectivity index (χ3n) is 2.74. The van der Waals surface area contributed by atoms with E-state index in [1.165, 1.54) is 31.5 Å². The fourth-order valence-electron chi connectivity index (χ4n) is 1.60. The Labute approximate surface area is 136 Å². The molecule has 0 unspecified atom stereocenters. The summed E-state index contributed by atoms with van der Waals surface area (Å²) in [5.41, 5.74) is 0.381. The molecule has 116 valence electrons. The highest BCUT2D eigenvalue weighted by atomic mass is 79.9. The number of hydrazone groups is 1. The Kier molecular flexibility index (Phi) is 5.04. The van der Waals surface area contributed by atoms with Crippen molar-refractivity contribution in [2.45, 2.75) is 4.90 Å². The van der Waals surface area contributed by atoms with Gasteiger partial charge in [-0.15, -0.1) is 0 Å². The van der Waals surface area contributed by atoms with Crippen LogP contribution in [-0.4, -0.2) is 26.8 Å². The largest absolute Gasteiger partial charge is 0.507 e. The molecule has 0 atom stereocenters.